The van der Waals surface area contributed by atoms with Crippen molar-refractivity contribution in [3.63, 3.8) is 0 Å². The van der Waals surface area contributed by atoms with E-state index in [0.717, 1.165) is 0 Å². The molecule has 1 aromatic heterocycles. The maximum Gasteiger partial charge on any atom is 0.0545 e. The molecule has 6 rings (SSSR count). The zero-order valence-corrected chi connectivity index (χ0v) is 20.1. The average molecular weight is 431 g/mol. The Morgan fingerprint density at radius 3 is 2.03 bits per heavy atom. The summed E-state index contributed by atoms with van der Waals surface area (Å²) in [6.07, 6.45) is 0. The van der Waals surface area contributed by atoms with Crippen LogP contribution in [-0.4, -0.2) is 10.1 Å². The van der Waals surface area contributed by atoms with Crippen LogP contribution in [0, 0.1) is 0 Å². The molecule has 0 atom stereocenters. The first-order valence-corrected chi connectivity index (χ1v) is 11.8. The molecule has 0 amide bonds. The van der Waals surface area contributed by atoms with E-state index in [1.54, 1.807) is 0 Å². The first-order chi connectivity index (χ1) is 15.8. The van der Waals surface area contributed by atoms with Crippen molar-refractivity contribution in [1.82, 2.24) is 4.57 Å². The number of aromatic nitrogens is 1. The normalized spacial score (nSPS) is 15.0. The van der Waals surface area contributed by atoms with Crippen molar-refractivity contribution in [2.24, 2.45) is 0 Å². The molecule has 0 saturated carbocycles. The first kappa shape index (κ1) is 20.1. The summed E-state index contributed by atoms with van der Waals surface area (Å²) in [6, 6.07) is 33.3. The third-order valence-electron chi connectivity index (χ3n) is 7.21. The van der Waals surface area contributed by atoms with Crippen molar-refractivity contribution in [3.8, 4) is 5.69 Å². The molecule has 2 heteroatoms. The third-order valence-corrected chi connectivity index (χ3v) is 7.21. The van der Waals surface area contributed by atoms with E-state index >= 15 is 0 Å². The van der Waals surface area contributed by atoms with Crippen molar-refractivity contribution in [2.75, 3.05) is 4.90 Å². The van der Waals surface area contributed by atoms with Crippen molar-refractivity contribution < 1.29 is 0 Å². The zero-order valence-electron chi connectivity index (χ0n) is 20.1. The molecule has 0 aliphatic carbocycles. The molecular formula is C31H30N2. The van der Waals surface area contributed by atoms with Crippen molar-refractivity contribution in [3.05, 3.63) is 102 Å². The topological polar surface area (TPSA) is 8.17 Å². The van der Waals surface area contributed by atoms with Crippen LogP contribution in [0.15, 0.2) is 91.0 Å². The van der Waals surface area contributed by atoms with E-state index in [-0.39, 0.29) is 11.0 Å². The van der Waals surface area contributed by atoms with Crippen LogP contribution in [0.3, 0.4) is 0 Å². The summed E-state index contributed by atoms with van der Waals surface area (Å²) in [5, 5.41) is 2.60. The number of rotatable bonds is 1. The maximum atomic E-state index is 2.54. The lowest BCUT2D eigenvalue weighted by Crippen LogP contribution is -2.43. The number of hydrogen-bond acceptors (Lipinski definition) is 1. The van der Waals surface area contributed by atoms with E-state index in [0.29, 0.717) is 0 Å². The minimum absolute atomic E-state index is 0.0488. The number of hydrogen-bond donors (Lipinski definition) is 0. The Bertz CT molecular complexity index is 1510. The number of fused-ring (bicyclic) bond motifs is 5. The Morgan fingerprint density at radius 1 is 0.606 bits per heavy atom. The van der Waals surface area contributed by atoms with Gasteiger partial charge in [0.15, 0.2) is 0 Å². The van der Waals surface area contributed by atoms with Gasteiger partial charge in [0.25, 0.3) is 0 Å². The molecule has 2 nitrogen and oxygen atoms in total. The summed E-state index contributed by atoms with van der Waals surface area (Å²) >= 11 is 0. The van der Waals surface area contributed by atoms with Gasteiger partial charge in [-0.3, -0.25) is 0 Å². The molecule has 2 heterocycles. The summed E-state index contributed by atoms with van der Waals surface area (Å²) in [4.78, 5) is 2.54. The second-order valence-electron chi connectivity index (χ2n) is 10.7. The molecule has 1 aliphatic rings. The smallest absolute Gasteiger partial charge is 0.0545 e. The fourth-order valence-corrected chi connectivity index (χ4v) is 5.74. The lowest BCUT2D eigenvalue weighted by atomic mass is 9.72. The Morgan fingerprint density at radius 2 is 1.27 bits per heavy atom. The van der Waals surface area contributed by atoms with Gasteiger partial charge in [0.05, 0.1) is 11.0 Å². The van der Waals surface area contributed by atoms with Crippen LogP contribution < -0.4 is 4.90 Å². The molecule has 0 fully saturated rings. The Hall–Kier alpha value is -3.52. The van der Waals surface area contributed by atoms with Gasteiger partial charge < -0.3 is 9.47 Å². The van der Waals surface area contributed by atoms with Gasteiger partial charge in [-0.25, -0.2) is 0 Å². The van der Waals surface area contributed by atoms with Gasteiger partial charge in [0.2, 0.25) is 0 Å². The molecular weight excluding hydrogens is 400 g/mol. The quantitative estimate of drug-likeness (QED) is 0.259. The van der Waals surface area contributed by atoms with Crippen LogP contribution in [0.1, 0.15) is 45.7 Å². The van der Waals surface area contributed by atoms with Crippen LogP contribution in [-0.2, 0) is 5.41 Å². The van der Waals surface area contributed by atoms with Crippen molar-refractivity contribution in [1.29, 1.82) is 0 Å². The van der Waals surface area contributed by atoms with Crippen molar-refractivity contribution in [2.45, 2.75) is 45.6 Å². The number of nitrogens with zero attached hydrogens (tertiary/aromatic N) is 2. The fourth-order valence-electron chi connectivity index (χ4n) is 5.74. The molecule has 0 unspecified atom stereocenters. The zero-order chi connectivity index (χ0) is 23.0. The van der Waals surface area contributed by atoms with E-state index in [2.05, 4.69) is 135 Å². The second-order valence-corrected chi connectivity index (χ2v) is 10.7. The molecule has 5 aromatic rings. The minimum Gasteiger partial charge on any atom is -0.336 e. The highest BCUT2D eigenvalue weighted by molar-refractivity contribution is 6.11. The second kappa shape index (κ2) is 6.74. The van der Waals surface area contributed by atoms with E-state index in [4.69, 9.17) is 0 Å². The van der Waals surface area contributed by atoms with Gasteiger partial charge in [0.1, 0.15) is 0 Å². The summed E-state index contributed by atoms with van der Waals surface area (Å²) < 4.78 is 2.42. The summed E-state index contributed by atoms with van der Waals surface area (Å²) in [6.45, 7) is 11.7. The minimum atomic E-state index is -0.0974. The lowest BCUT2D eigenvalue weighted by Gasteiger charge is -2.48. The average Bonchev–Trinajstić information content (AvgIpc) is 3.12. The molecule has 33 heavy (non-hydrogen) atoms. The van der Waals surface area contributed by atoms with E-state index in [1.807, 2.05) is 0 Å². The highest BCUT2D eigenvalue weighted by Crippen LogP contribution is 2.53. The monoisotopic (exact) mass is 430 g/mol. The Kier molecular flexibility index (Phi) is 4.11. The Labute approximate surface area is 196 Å². The number of para-hydroxylation sites is 3. The Balaban J connectivity index is 1.77. The van der Waals surface area contributed by atoms with Gasteiger partial charge in [0, 0.05) is 38.8 Å². The van der Waals surface area contributed by atoms with Crippen LogP contribution >= 0.6 is 0 Å². The molecule has 1 aliphatic heterocycles. The predicted molar refractivity (Wildman–Crippen MR) is 141 cm³/mol. The van der Waals surface area contributed by atoms with Gasteiger partial charge in [-0.15, -0.1) is 0 Å². The van der Waals surface area contributed by atoms with Gasteiger partial charge in [-0.05, 0) is 68.3 Å². The van der Waals surface area contributed by atoms with Crippen LogP contribution in [0.2, 0.25) is 0 Å². The maximum absolute atomic E-state index is 2.54. The predicted octanol–water partition coefficient (Wildman–Crippen LogP) is 8.36. The number of benzene rings is 4. The van der Waals surface area contributed by atoms with E-state index in [1.165, 1.54) is 50.0 Å². The van der Waals surface area contributed by atoms with Gasteiger partial charge >= 0.3 is 0 Å². The molecule has 0 N–H and O–H groups in total. The molecule has 4 aromatic carbocycles. The lowest BCUT2D eigenvalue weighted by molar-refractivity contribution is 0.530. The van der Waals surface area contributed by atoms with Crippen LogP contribution in [0.25, 0.3) is 27.5 Å². The summed E-state index contributed by atoms with van der Waals surface area (Å²) in [7, 11) is 0. The fraction of sp³-hybridized carbons (Fsp3) is 0.226. The van der Waals surface area contributed by atoms with Crippen molar-refractivity contribution >= 4 is 33.2 Å². The number of anilines is 2. The van der Waals surface area contributed by atoms with E-state index < -0.39 is 0 Å². The van der Waals surface area contributed by atoms with Crippen LogP contribution in [0.4, 0.5) is 11.4 Å². The third kappa shape index (κ3) is 2.80. The molecule has 164 valence electrons. The summed E-state index contributed by atoms with van der Waals surface area (Å²) in [5.41, 5.74) is 8.96. The largest absolute Gasteiger partial charge is 0.336 e. The highest BCUT2D eigenvalue weighted by atomic mass is 15.2. The molecule has 0 bridgehead atoms. The molecule has 0 saturated heterocycles. The highest BCUT2D eigenvalue weighted by Gasteiger charge is 2.40. The SMILES string of the molecule is CC1(C)c2ccccc2N(C(C)(C)C)c2cc3c4ccccc4n(-c4ccccc4)c3cc21. The summed E-state index contributed by atoms with van der Waals surface area (Å²) in [5.74, 6) is 0. The van der Waals surface area contributed by atoms with Gasteiger partial charge in [-0.2, -0.15) is 0 Å². The molecule has 0 spiro atoms. The van der Waals surface area contributed by atoms with Crippen LogP contribution in [0.5, 0.6) is 0 Å². The van der Waals surface area contributed by atoms with E-state index in [9.17, 15) is 0 Å². The standard InChI is InChI=1S/C31H30N2/c1-30(2,3)33-27-18-12-10-16-24(27)31(4,5)25-20-28-23(19-29(25)33)22-15-9-11-17-26(22)32(28)21-13-7-6-8-14-21/h6-20H,1-5H3. The molecule has 0 radical (unpaired) electrons. The first-order valence-electron chi connectivity index (χ1n) is 11.8. The van der Waals surface area contributed by atoms with Gasteiger partial charge in [-0.1, -0.05) is 68.4 Å².